The number of benzene rings is 1. The number of rotatable bonds is 4. The highest BCUT2D eigenvalue weighted by atomic mass is 16.4. The maximum atomic E-state index is 12.1. The smallest absolute Gasteiger partial charge is 0.323 e. The number of fused-ring (bicyclic) bond motifs is 1. The van der Waals surface area contributed by atoms with Crippen molar-refractivity contribution in [3.63, 3.8) is 0 Å². The normalized spacial score (nSPS) is 14.7. The topological polar surface area (TPSA) is 57.6 Å². The molecule has 19 heavy (non-hydrogen) atoms. The first kappa shape index (κ1) is 13.6. The summed E-state index contributed by atoms with van der Waals surface area (Å²) in [5.74, 6) is -0.547. The van der Waals surface area contributed by atoms with Gasteiger partial charge in [0.1, 0.15) is 6.54 Å². The Morgan fingerprint density at radius 1 is 1.42 bits per heavy atom. The quantitative estimate of drug-likeness (QED) is 0.901. The second kappa shape index (κ2) is 5.43. The van der Waals surface area contributed by atoms with Crippen LogP contribution in [0.25, 0.3) is 0 Å². The SMILES string of the molecule is CC(C)Cc1ccc2c(c1)CCN(CC(=O)O)C2=O. The molecule has 0 aromatic heterocycles. The minimum atomic E-state index is -0.965. The van der Waals surface area contributed by atoms with E-state index in [-0.39, 0.29) is 12.5 Å². The van der Waals surface area contributed by atoms with E-state index in [2.05, 4.69) is 19.9 Å². The number of hydrogen-bond donors (Lipinski definition) is 1. The molecule has 0 fully saturated rings. The van der Waals surface area contributed by atoms with Crippen LogP contribution >= 0.6 is 0 Å². The molecule has 0 atom stereocenters. The first-order valence-electron chi connectivity index (χ1n) is 6.60. The van der Waals surface area contributed by atoms with Crippen LogP contribution in [0.4, 0.5) is 0 Å². The fraction of sp³-hybridized carbons (Fsp3) is 0.467. The highest BCUT2D eigenvalue weighted by molar-refractivity contribution is 5.98. The van der Waals surface area contributed by atoms with E-state index >= 15 is 0 Å². The summed E-state index contributed by atoms with van der Waals surface area (Å²) >= 11 is 0. The van der Waals surface area contributed by atoms with Crippen molar-refractivity contribution in [2.45, 2.75) is 26.7 Å². The van der Waals surface area contributed by atoms with Gasteiger partial charge in [-0.2, -0.15) is 0 Å². The van der Waals surface area contributed by atoms with Gasteiger partial charge in [0.15, 0.2) is 0 Å². The molecular weight excluding hydrogens is 242 g/mol. The molecule has 102 valence electrons. The van der Waals surface area contributed by atoms with Crippen LogP contribution in [-0.2, 0) is 17.6 Å². The molecule has 4 heteroatoms. The average Bonchev–Trinajstić information content (AvgIpc) is 2.31. The van der Waals surface area contributed by atoms with Crippen molar-refractivity contribution >= 4 is 11.9 Å². The summed E-state index contributed by atoms with van der Waals surface area (Å²) in [6.45, 7) is 4.60. The molecule has 1 N–H and O–H groups in total. The molecule has 4 nitrogen and oxygen atoms in total. The molecular formula is C15H19NO3. The first-order chi connectivity index (χ1) is 8.97. The number of carboxylic acids is 1. The highest BCUT2D eigenvalue weighted by Crippen LogP contribution is 2.21. The van der Waals surface area contributed by atoms with Gasteiger partial charge in [0.25, 0.3) is 5.91 Å². The zero-order chi connectivity index (χ0) is 14.0. The first-order valence-corrected chi connectivity index (χ1v) is 6.60. The van der Waals surface area contributed by atoms with Crippen molar-refractivity contribution in [1.82, 2.24) is 4.90 Å². The molecule has 1 amide bonds. The third-order valence-electron chi connectivity index (χ3n) is 3.31. The Labute approximate surface area is 113 Å². The Morgan fingerprint density at radius 3 is 2.79 bits per heavy atom. The van der Waals surface area contributed by atoms with Crippen LogP contribution in [0.1, 0.15) is 35.3 Å². The number of amides is 1. The Bertz CT molecular complexity index is 508. The van der Waals surface area contributed by atoms with E-state index in [0.717, 1.165) is 18.4 Å². The minimum absolute atomic E-state index is 0.167. The summed E-state index contributed by atoms with van der Waals surface area (Å²) in [6.07, 6.45) is 1.74. The summed E-state index contributed by atoms with van der Waals surface area (Å²) < 4.78 is 0. The second-order valence-electron chi connectivity index (χ2n) is 5.46. The summed E-state index contributed by atoms with van der Waals surface area (Å²) in [4.78, 5) is 24.3. The fourth-order valence-corrected chi connectivity index (χ4v) is 2.50. The van der Waals surface area contributed by atoms with Crippen LogP contribution in [0.5, 0.6) is 0 Å². The fourth-order valence-electron chi connectivity index (χ4n) is 2.50. The third kappa shape index (κ3) is 3.13. The molecule has 0 saturated heterocycles. The van der Waals surface area contributed by atoms with Gasteiger partial charge in [0.05, 0.1) is 0 Å². The second-order valence-corrected chi connectivity index (χ2v) is 5.46. The van der Waals surface area contributed by atoms with Crippen molar-refractivity contribution in [3.05, 3.63) is 34.9 Å². The van der Waals surface area contributed by atoms with Gasteiger partial charge in [0, 0.05) is 12.1 Å². The lowest BCUT2D eigenvalue weighted by Crippen LogP contribution is -2.40. The highest BCUT2D eigenvalue weighted by Gasteiger charge is 2.25. The molecule has 0 aliphatic carbocycles. The predicted octanol–water partition coefficient (Wildman–Crippen LogP) is 1.97. The molecule has 1 aliphatic heterocycles. The van der Waals surface area contributed by atoms with Gasteiger partial charge in [-0.15, -0.1) is 0 Å². The molecule has 1 aromatic carbocycles. The van der Waals surface area contributed by atoms with Crippen LogP contribution in [0.3, 0.4) is 0 Å². The molecule has 1 aliphatic rings. The van der Waals surface area contributed by atoms with Gasteiger partial charge in [-0.3, -0.25) is 9.59 Å². The maximum Gasteiger partial charge on any atom is 0.323 e. The maximum absolute atomic E-state index is 12.1. The summed E-state index contributed by atoms with van der Waals surface area (Å²) in [6, 6.07) is 5.90. The average molecular weight is 261 g/mol. The zero-order valence-electron chi connectivity index (χ0n) is 11.3. The number of carbonyl (C=O) groups excluding carboxylic acids is 1. The van der Waals surface area contributed by atoms with E-state index < -0.39 is 5.97 Å². The van der Waals surface area contributed by atoms with E-state index in [9.17, 15) is 9.59 Å². The van der Waals surface area contributed by atoms with Crippen molar-refractivity contribution in [2.24, 2.45) is 5.92 Å². The summed E-state index contributed by atoms with van der Waals surface area (Å²) in [5, 5.41) is 8.78. The van der Waals surface area contributed by atoms with Crippen LogP contribution < -0.4 is 0 Å². The van der Waals surface area contributed by atoms with Crippen molar-refractivity contribution in [3.8, 4) is 0 Å². The zero-order valence-corrected chi connectivity index (χ0v) is 11.3. The molecule has 1 heterocycles. The molecule has 0 bridgehead atoms. The molecule has 1 aromatic rings. The van der Waals surface area contributed by atoms with Gasteiger partial charge >= 0.3 is 5.97 Å². The van der Waals surface area contributed by atoms with Crippen molar-refractivity contribution in [2.75, 3.05) is 13.1 Å². The number of aliphatic carboxylic acids is 1. The van der Waals surface area contributed by atoms with Crippen molar-refractivity contribution < 1.29 is 14.7 Å². The minimum Gasteiger partial charge on any atom is -0.480 e. The van der Waals surface area contributed by atoms with Gasteiger partial charge < -0.3 is 10.0 Å². The van der Waals surface area contributed by atoms with Crippen LogP contribution in [-0.4, -0.2) is 35.0 Å². The Hall–Kier alpha value is -1.84. The molecule has 0 spiro atoms. The van der Waals surface area contributed by atoms with Crippen LogP contribution in [0.15, 0.2) is 18.2 Å². The Kier molecular flexibility index (Phi) is 3.88. The van der Waals surface area contributed by atoms with Gasteiger partial charge in [-0.05, 0) is 36.0 Å². The predicted molar refractivity (Wildman–Crippen MR) is 72.2 cm³/mol. The van der Waals surface area contributed by atoms with Gasteiger partial charge in [-0.1, -0.05) is 26.0 Å². The van der Waals surface area contributed by atoms with E-state index in [1.54, 1.807) is 0 Å². The third-order valence-corrected chi connectivity index (χ3v) is 3.31. The van der Waals surface area contributed by atoms with Crippen LogP contribution in [0, 0.1) is 5.92 Å². The summed E-state index contributed by atoms with van der Waals surface area (Å²) in [7, 11) is 0. The van der Waals surface area contributed by atoms with Gasteiger partial charge in [0.2, 0.25) is 0 Å². The Balaban J connectivity index is 2.21. The molecule has 2 rings (SSSR count). The lowest BCUT2D eigenvalue weighted by Gasteiger charge is -2.27. The number of nitrogens with zero attached hydrogens (tertiary/aromatic N) is 1. The van der Waals surface area contributed by atoms with E-state index in [1.165, 1.54) is 10.5 Å². The Morgan fingerprint density at radius 2 is 2.16 bits per heavy atom. The number of carbonyl (C=O) groups is 2. The lowest BCUT2D eigenvalue weighted by atomic mass is 9.93. The largest absolute Gasteiger partial charge is 0.480 e. The standard InChI is InChI=1S/C15H19NO3/c1-10(2)7-11-3-4-13-12(8-11)5-6-16(15(13)19)9-14(17)18/h3-4,8,10H,5-7,9H2,1-2H3,(H,17,18). The van der Waals surface area contributed by atoms with Gasteiger partial charge in [-0.25, -0.2) is 0 Å². The number of carboxylic acid groups (broad SMARTS) is 1. The number of hydrogen-bond acceptors (Lipinski definition) is 2. The molecule has 0 unspecified atom stereocenters. The van der Waals surface area contributed by atoms with E-state index in [4.69, 9.17) is 5.11 Å². The monoisotopic (exact) mass is 261 g/mol. The van der Waals surface area contributed by atoms with Crippen LogP contribution in [0.2, 0.25) is 0 Å². The van der Waals surface area contributed by atoms with E-state index in [0.29, 0.717) is 18.0 Å². The molecule has 0 radical (unpaired) electrons. The lowest BCUT2D eigenvalue weighted by molar-refractivity contribution is -0.137. The summed E-state index contributed by atoms with van der Waals surface area (Å²) in [5.41, 5.74) is 2.94. The van der Waals surface area contributed by atoms with E-state index in [1.807, 2.05) is 12.1 Å². The molecule has 0 saturated carbocycles. The van der Waals surface area contributed by atoms with Crippen molar-refractivity contribution in [1.29, 1.82) is 0 Å².